The van der Waals surface area contributed by atoms with E-state index in [9.17, 15) is 0 Å². The number of fused-ring (bicyclic) bond motifs is 2. The predicted octanol–water partition coefficient (Wildman–Crippen LogP) is 1.19. The molecule has 104 valence electrons. The molecule has 0 radical (unpaired) electrons. The summed E-state index contributed by atoms with van der Waals surface area (Å²) in [6.07, 6.45) is 1.24. The minimum atomic E-state index is 0.573. The van der Waals surface area contributed by atoms with Crippen LogP contribution in [0, 0.1) is 0 Å². The second-order valence-electron chi connectivity index (χ2n) is 5.62. The highest BCUT2D eigenvalue weighted by Crippen LogP contribution is 2.29. The van der Waals surface area contributed by atoms with Gasteiger partial charge in [-0.15, -0.1) is 5.10 Å². The van der Waals surface area contributed by atoms with Crippen molar-refractivity contribution in [3.05, 3.63) is 30.3 Å². The molecule has 6 nitrogen and oxygen atoms in total. The molecular weight excluding hydrogens is 252 g/mol. The topological polar surface area (TPSA) is 60.1 Å². The van der Waals surface area contributed by atoms with Crippen molar-refractivity contribution >= 4 is 5.95 Å². The normalized spacial score (nSPS) is 26.2. The second kappa shape index (κ2) is 4.57. The first kappa shape index (κ1) is 11.9. The van der Waals surface area contributed by atoms with Crippen molar-refractivity contribution in [2.24, 2.45) is 0 Å². The Balaban J connectivity index is 1.47. The van der Waals surface area contributed by atoms with Crippen LogP contribution in [0.1, 0.15) is 6.42 Å². The first-order valence-corrected chi connectivity index (χ1v) is 7.01. The molecule has 2 fully saturated rings. The number of hydrogen-bond donors (Lipinski definition) is 2. The number of likely N-dealkylation sites (tertiary alicyclic amines) is 1. The van der Waals surface area contributed by atoms with E-state index < -0.39 is 0 Å². The number of hydrazine groups is 1. The van der Waals surface area contributed by atoms with Crippen LogP contribution in [0.2, 0.25) is 0 Å². The van der Waals surface area contributed by atoms with Gasteiger partial charge in [0.15, 0.2) is 5.82 Å². The second-order valence-corrected chi connectivity index (χ2v) is 5.62. The van der Waals surface area contributed by atoms with Gasteiger partial charge in [-0.1, -0.05) is 30.3 Å². The Morgan fingerprint density at radius 1 is 1.20 bits per heavy atom. The zero-order valence-electron chi connectivity index (χ0n) is 11.5. The average Bonchev–Trinajstić information content (AvgIpc) is 3.16. The summed E-state index contributed by atoms with van der Waals surface area (Å²) < 4.78 is 0. The van der Waals surface area contributed by atoms with Gasteiger partial charge in [0.1, 0.15) is 0 Å². The fourth-order valence-electron chi connectivity index (χ4n) is 3.17. The molecule has 0 amide bonds. The van der Waals surface area contributed by atoms with Gasteiger partial charge in [0.2, 0.25) is 0 Å². The molecule has 2 saturated heterocycles. The number of aromatic nitrogens is 3. The van der Waals surface area contributed by atoms with Crippen LogP contribution in [0.25, 0.3) is 11.4 Å². The molecule has 0 spiro atoms. The first-order chi connectivity index (χ1) is 9.79. The van der Waals surface area contributed by atoms with Gasteiger partial charge < -0.3 is 4.90 Å². The highest BCUT2D eigenvalue weighted by atomic mass is 15.6. The SMILES string of the molecule is CN1C[C@H]2C[C@@H]1CN2Nc1n[nH]c(-c2ccccc2)n1. The Morgan fingerprint density at radius 2 is 2.05 bits per heavy atom. The number of benzene rings is 1. The number of anilines is 1. The Hall–Kier alpha value is -1.92. The van der Waals surface area contributed by atoms with Crippen LogP contribution in [0.4, 0.5) is 5.95 Å². The van der Waals surface area contributed by atoms with E-state index >= 15 is 0 Å². The van der Waals surface area contributed by atoms with E-state index in [1.165, 1.54) is 6.42 Å². The van der Waals surface area contributed by atoms with Crippen molar-refractivity contribution in [2.45, 2.75) is 18.5 Å². The monoisotopic (exact) mass is 270 g/mol. The van der Waals surface area contributed by atoms with E-state index in [4.69, 9.17) is 0 Å². The van der Waals surface area contributed by atoms with Crippen LogP contribution in [0.3, 0.4) is 0 Å². The molecule has 20 heavy (non-hydrogen) atoms. The summed E-state index contributed by atoms with van der Waals surface area (Å²) >= 11 is 0. The lowest BCUT2D eigenvalue weighted by Crippen LogP contribution is -2.47. The van der Waals surface area contributed by atoms with Crippen LogP contribution >= 0.6 is 0 Å². The molecule has 2 aliphatic heterocycles. The summed E-state index contributed by atoms with van der Waals surface area (Å²) in [6, 6.07) is 11.3. The van der Waals surface area contributed by atoms with Crippen molar-refractivity contribution in [1.29, 1.82) is 0 Å². The number of likely N-dealkylation sites (N-methyl/N-ethyl adjacent to an activating group) is 1. The number of rotatable bonds is 3. The van der Waals surface area contributed by atoms with Crippen LogP contribution < -0.4 is 5.43 Å². The highest BCUT2D eigenvalue weighted by Gasteiger charge is 2.41. The van der Waals surface area contributed by atoms with Gasteiger partial charge in [-0.2, -0.15) is 4.98 Å². The van der Waals surface area contributed by atoms with E-state index in [0.29, 0.717) is 18.0 Å². The fourth-order valence-corrected chi connectivity index (χ4v) is 3.17. The van der Waals surface area contributed by atoms with Crippen LogP contribution in [-0.4, -0.2) is 57.3 Å². The third-order valence-electron chi connectivity index (χ3n) is 4.29. The van der Waals surface area contributed by atoms with Gasteiger partial charge in [-0.3, -0.25) is 10.5 Å². The zero-order chi connectivity index (χ0) is 13.5. The predicted molar refractivity (Wildman–Crippen MR) is 77.0 cm³/mol. The van der Waals surface area contributed by atoms with Crippen molar-refractivity contribution in [3.63, 3.8) is 0 Å². The molecule has 0 aliphatic carbocycles. The summed E-state index contributed by atoms with van der Waals surface area (Å²) in [5.74, 6) is 1.45. The van der Waals surface area contributed by atoms with Crippen LogP contribution in [0.5, 0.6) is 0 Å². The summed E-state index contributed by atoms with van der Waals surface area (Å²) in [4.78, 5) is 6.94. The van der Waals surface area contributed by atoms with Crippen molar-refractivity contribution in [3.8, 4) is 11.4 Å². The van der Waals surface area contributed by atoms with Gasteiger partial charge in [0.05, 0.1) is 0 Å². The quantitative estimate of drug-likeness (QED) is 0.877. The lowest BCUT2D eigenvalue weighted by molar-refractivity contribution is 0.173. The Labute approximate surface area is 117 Å². The minimum Gasteiger partial charge on any atom is -0.300 e. The summed E-state index contributed by atoms with van der Waals surface area (Å²) in [6.45, 7) is 2.16. The summed E-state index contributed by atoms with van der Waals surface area (Å²) in [5, 5.41) is 9.51. The maximum Gasteiger partial charge on any atom is 0.256 e. The highest BCUT2D eigenvalue weighted by molar-refractivity contribution is 5.55. The molecule has 2 atom stereocenters. The third kappa shape index (κ3) is 1.97. The van der Waals surface area contributed by atoms with E-state index in [1.807, 2.05) is 30.3 Å². The number of piperazine rings is 1. The Morgan fingerprint density at radius 3 is 2.75 bits per heavy atom. The van der Waals surface area contributed by atoms with E-state index in [0.717, 1.165) is 24.5 Å². The zero-order valence-corrected chi connectivity index (χ0v) is 11.5. The van der Waals surface area contributed by atoms with Gasteiger partial charge in [0, 0.05) is 30.7 Å². The number of aromatic amines is 1. The molecule has 1 aromatic carbocycles. The van der Waals surface area contributed by atoms with Crippen molar-refractivity contribution < 1.29 is 0 Å². The lowest BCUT2D eigenvalue weighted by atomic mass is 10.2. The number of H-pyrrole nitrogens is 1. The number of hydrogen-bond acceptors (Lipinski definition) is 5. The summed E-state index contributed by atoms with van der Waals surface area (Å²) in [5.41, 5.74) is 4.39. The van der Waals surface area contributed by atoms with Crippen molar-refractivity contribution in [1.82, 2.24) is 25.1 Å². The first-order valence-electron chi connectivity index (χ1n) is 7.01. The van der Waals surface area contributed by atoms with Crippen molar-refractivity contribution in [2.75, 3.05) is 25.6 Å². The van der Waals surface area contributed by atoms with Gasteiger partial charge in [-0.25, -0.2) is 5.01 Å². The smallest absolute Gasteiger partial charge is 0.256 e. The van der Waals surface area contributed by atoms with E-state index in [-0.39, 0.29) is 0 Å². The fraction of sp³-hybridized carbons (Fsp3) is 0.429. The minimum absolute atomic E-state index is 0.573. The Kier molecular flexibility index (Phi) is 2.71. The van der Waals surface area contributed by atoms with E-state index in [1.54, 1.807) is 0 Å². The average molecular weight is 270 g/mol. The molecule has 4 rings (SSSR count). The Bertz CT molecular complexity index is 593. The molecule has 2 N–H and O–H groups in total. The van der Waals surface area contributed by atoms with Crippen LogP contribution in [-0.2, 0) is 0 Å². The van der Waals surface area contributed by atoms with E-state index in [2.05, 4.69) is 37.6 Å². The van der Waals surface area contributed by atoms with Crippen LogP contribution in [0.15, 0.2) is 30.3 Å². The van der Waals surface area contributed by atoms with Gasteiger partial charge in [0.25, 0.3) is 5.95 Å². The molecule has 6 heteroatoms. The molecule has 2 aliphatic rings. The molecule has 0 saturated carbocycles. The lowest BCUT2D eigenvalue weighted by Gasteiger charge is -2.31. The molecule has 2 bridgehead atoms. The summed E-state index contributed by atoms with van der Waals surface area (Å²) in [7, 11) is 2.20. The molecule has 1 aromatic heterocycles. The number of nitrogens with one attached hydrogen (secondary N) is 2. The maximum atomic E-state index is 4.51. The van der Waals surface area contributed by atoms with Gasteiger partial charge >= 0.3 is 0 Å². The molecule has 2 aromatic rings. The maximum absolute atomic E-state index is 4.51. The number of nitrogens with zero attached hydrogens (tertiary/aromatic N) is 4. The molecule has 3 heterocycles. The third-order valence-corrected chi connectivity index (χ3v) is 4.29. The van der Waals surface area contributed by atoms with Gasteiger partial charge in [-0.05, 0) is 13.5 Å². The standard InChI is InChI=1S/C14H18N6/c1-19-8-12-7-11(19)9-20(12)18-14-15-13(16-17-14)10-5-3-2-4-6-10/h2-6,11-12H,7-9H2,1H3,(H2,15,16,17,18)/t11-,12-/m1/s1. The molecule has 0 unspecified atom stereocenters. The largest absolute Gasteiger partial charge is 0.300 e. The molecular formula is C14H18N6.